The second-order valence-electron chi connectivity index (χ2n) is 11.5. The topological polar surface area (TPSA) is 54.0 Å². The second-order valence-corrected chi connectivity index (χ2v) is 15.1. The summed E-state index contributed by atoms with van der Waals surface area (Å²) in [6.07, 6.45) is 8.90. The van der Waals surface area contributed by atoms with Crippen LogP contribution in [0.3, 0.4) is 0 Å². The molecule has 6 heteroatoms. The first-order valence-corrected chi connectivity index (χ1v) is 18.4. The molecule has 0 amide bonds. The van der Waals surface area contributed by atoms with Crippen LogP contribution in [-0.4, -0.2) is 39.9 Å². The average molecular weight is 660 g/mol. The quantitative estimate of drug-likeness (QED) is 0.0434. The maximum absolute atomic E-state index is 12.9. The fraction of sp³-hybridized carbons (Fsp3) is 0.214. The third-order valence-electron chi connectivity index (χ3n) is 8.50. The van der Waals surface area contributed by atoms with Gasteiger partial charge >= 0.3 is 0 Å². The van der Waals surface area contributed by atoms with Gasteiger partial charge in [0.05, 0.1) is 34.1 Å². The lowest BCUT2D eigenvalue weighted by molar-refractivity contribution is 0.104. The summed E-state index contributed by atoms with van der Waals surface area (Å²) >= 11 is 0. The molecule has 0 radical (unpaired) electrons. The van der Waals surface area contributed by atoms with Crippen LogP contribution in [0.1, 0.15) is 41.6 Å². The minimum Gasteiger partial charge on any atom is -0.494 e. The van der Waals surface area contributed by atoms with Gasteiger partial charge in [0, 0.05) is 5.56 Å². The van der Waals surface area contributed by atoms with Crippen LogP contribution < -0.4 is 34.9 Å². The van der Waals surface area contributed by atoms with Crippen LogP contribution in [0, 0.1) is 0 Å². The number of hydrogen-bond donors (Lipinski definition) is 0. The monoisotopic (exact) mass is 659 g/mol. The van der Waals surface area contributed by atoms with E-state index in [1.165, 1.54) is 37.2 Å². The Labute approximate surface area is 285 Å². The summed E-state index contributed by atoms with van der Waals surface area (Å²) in [7, 11) is 2.82. The Morgan fingerprint density at radius 3 is 1.58 bits per heavy atom. The Hall–Kier alpha value is -4.86. The predicted molar refractivity (Wildman–Crippen MR) is 200 cm³/mol. The normalized spacial score (nSPS) is 11.3. The summed E-state index contributed by atoms with van der Waals surface area (Å²) in [4.78, 5) is 12.9. The van der Waals surface area contributed by atoms with E-state index >= 15 is 0 Å². The molecule has 0 unspecified atom stereocenters. The summed E-state index contributed by atoms with van der Waals surface area (Å²) in [5.74, 6) is 2.00. The number of carbonyl (C=O) groups excluding carboxylic acids is 1. The van der Waals surface area contributed by atoms with Crippen LogP contribution in [0.2, 0.25) is 0 Å². The Morgan fingerprint density at radius 1 is 0.604 bits per heavy atom. The molecule has 0 aliphatic rings. The maximum Gasteiger partial charge on any atom is 0.203 e. The van der Waals surface area contributed by atoms with Gasteiger partial charge in [-0.15, -0.1) is 0 Å². The van der Waals surface area contributed by atoms with Gasteiger partial charge in [-0.3, -0.25) is 4.79 Å². The zero-order valence-electron chi connectivity index (χ0n) is 28.0. The minimum absolute atomic E-state index is 0.162. The fourth-order valence-electron chi connectivity index (χ4n) is 6.04. The number of carbonyl (C=O) groups is 1. The van der Waals surface area contributed by atoms with E-state index < -0.39 is 7.26 Å². The summed E-state index contributed by atoms with van der Waals surface area (Å²) in [6.45, 7) is 0.672. The molecule has 5 nitrogen and oxygen atoms in total. The molecule has 0 saturated carbocycles. The highest BCUT2D eigenvalue weighted by atomic mass is 31.2. The highest BCUT2D eigenvalue weighted by Gasteiger charge is 2.44. The van der Waals surface area contributed by atoms with E-state index in [0.717, 1.165) is 43.2 Å². The van der Waals surface area contributed by atoms with E-state index in [0.29, 0.717) is 29.4 Å². The Kier molecular flexibility index (Phi) is 12.5. The summed E-state index contributed by atoms with van der Waals surface area (Å²) in [5, 5.41) is 4.32. The number of allylic oxidation sites excluding steroid dienone is 1. The molecule has 5 aromatic carbocycles. The van der Waals surface area contributed by atoms with Crippen molar-refractivity contribution >= 4 is 35.0 Å². The van der Waals surface area contributed by atoms with Crippen LogP contribution >= 0.6 is 7.26 Å². The van der Waals surface area contributed by atoms with Crippen molar-refractivity contribution in [3.05, 3.63) is 145 Å². The van der Waals surface area contributed by atoms with Crippen molar-refractivity contribution < 1.29 is 23.7 Å². The highest BCUT2D eigenvalue weighted by molar-refractivity contribution is 7.95. The Morgan fingerprint density at radius 2 is 1.10 bits per heavy atom. The van der Waals surface area contributed by atoms with Crippen LogP contribution in [0.15, 0.2) is 133 Å². The lowest BCUT2D eigenvalue weighted by Crippen LogP contribution is -2.33. The Bertz CT molecular complexity index is 1630. The molecule has 0 fully saturated rings. The number of unbranched alkanes of at least 4 members (excludes halogenated alkanes) is 3. The molecule has 0 spiro atoms. The van der Waals surface area contributed by atoms with E-state index in [-0.39, 0.29) is 5.78 Å². The van der Waals surface area contributed by atoms with Gasteiger partial charge in [0.1, 0.15) is 28.9 Å². The molecule has 0 atom stereocenters. The van der Waals surface area contributed by atoms with Crippen molar-refractivity contribution in [2.75, 3.05) is 34.1 Å². The van der Waals surface area contributed by atoms with E-state index in [1.54, 1.807) is 24.3 Å². The van der Waals surface area contributed by atoms with Gasteiger partial charge in [-0.25, -0.2) is 0 Å². The lowest BCUT2D eigenvalue weighted by atomic mass is 10.1. The van der Waals surface area contributed by atoms with Crippen LogP contribution in [0.4, 0.5) is 0 Å². The first-order valence-electron chi connectivity index (χ1n) is 16.4. The third kappa shape index (κ3) is 8.34. The highest BCUT2D eigenvalue weighted by Crippen LogP contribution is 2.56. The van der Waals surface area contributed by atoms with Crippen molar-refractivity contribution in [1.29, 1.82) is 0 Å². The summed E-state index contributed by atoms with van der Waals surface area (Å²) < 4.78 is 22.2. The number of methoxy groups -OCH3 is 3. The molecule has 0 N–H and O–H groups in total. The smallest absolute Gasteiger partial charge is 0.203 e. The number of hydrogen-bond acceptors (Lipinski definition) is 5. The largest absolute Gasteiger partial charge is 0.494 e. The number of ketones is 1. The van der Waals surface area contributed by atoms with Gasteiger partial charge in [0.2, 0.25) is 5.75 Å². The average Bonchev–Trinajstić information content (AvgIpc) is 3.16. The zero-order chi connectivity index (χ0) is 33.6. The van der Waals surface area contributed by atoms with Crippen molar-refractivity contribution in [2.45, 2.75) is 25.7 Å². The van der Waals surface area contributed by atoms with Crippen LogP contribution in [-0.2, 0) is 0 Å². The Balaban J connectivity index is 1.13. The van der Waals surface area contributed by atoms with Crippen LogP contribution in [0.25, 0.3) is 6.08 Å². The maximum atomic E-state index is 12.9. The van der Waals surface area contributed by atoms with E-state index in [9.17, 15) is 4.79 Å². The fourth-order valence-corrected chi connectivity index (χ4v) is 10.5. The zero-order valence-corrected chi connectivity index (χ0v) is 28.9. The molecular weight excluding hydrogens is 615 g/mol. The first-order chi connectivity index (χ1) is 23.6. The first kappa shape index (κ1) is 34.5. The van der Waals surface area contributed by atoms with Gasteiger partial charge in [0.25, 0.3) is 0 Å². The SMILES string of the molecule is COc1cc(C(=O)/C=C\c2ccc(OCCCCCC[P+](c3ccccc3)(c3ccccc3)c3ccccc3)cc2)cc(OC)c1OC. The lowest BCUT2D eigenvalue weighted by Gasteiger charge is -2.27. The molecule has 0 aliphatic carbocycles. The molecule has 0 aliphatic heterocycles. The molecule has 5 aromatic rings. The summed E-state index contributed by atoms with van der Waals surface area (Å²) in [5.41, 5.74) is 1.36. The van der Waals surface area contributed by atoms with Crippen molar-refractivity contribution in [1.82, 2.24) is 0 Å². The molecule has 0 bridgehead atoms. The second kappa shape index (κ2) is 17.3. The van der Waals surface area contributed by atoms with Crippen molar-refractivity contribution in [3.63, 3.8) is 0 Å². The summed E-state index contributed by atoms with van der Waals surface area (Å²) in [6, 6.07) is 44.4. The van der Waals surface area contributed by atoms with Crippen LogP contribution in [0.5, 0.6) is 23.0 Å². The molecule has 0 heterocycles. The van der Waals surface area contributed by atoms with E-state index in [1.807, 2.05) is 24.3 Å². The number of benzene rings is 5. The molecule has 5 rings (SSSR count). The van der Waals surface area contributed by atoms with Gasteiger partial charge in [-0.05, 0) is 98.0 Å². The molecule has 0 saturated heterocycles. The van der Waals surface area contributed by atoms with E-state index in [2.05, 4.69) is 91.0 Å². The minimum atomic E-state index is -1.78. The molecule has 48 heavy (non-hydrogen) atoms. The third-order valence-corrected chi connectivity index (χ3v) is 13.0. The van der Waals surface area contributed by atoms with E-state index in [4.69, 9.17) is 18.9 Å². The molecule has 246 valence electrons. The standard InChI is InChI=1S/C42H44O5P/c1-44-40-31-34(32-41(45-2)42(40)46-3)39(43)28-25-33-23-26-35(27-24-33)47-29-15-4-5-16-30-48(36-17-9-6-10-18-36,37-19-11-7-12-20-37)38-21-13-8-14-22-38/h6-14,17-28,31-32H,4-5,15-16,29-30H2,1-3H3/q+1/b28-25-. The van der Waals surface area contributed by atoms with Gasteiger partial charge < -0.3 is 18.9 Å². The predicted octanol–water partition coefficient (Wildman–Crippen LogP) is 8.54. The molecule has 0 aromatic heterocycles. The van der Waals surface area contributed by atoms with Gasteiger partial charge in [-0.1, -0.05) is 72.8 Å². The number of ether oxygens (including phenoxy) is 4. The number of rotatable bonds is 17. The van der Waals surface area contributed by atoms with Crippen molar-refractivity contribution in [2.24, 2.45) is 0 Å². The molecular formula is C42H44O5P+. The van der Waals surface area contributed by atoms with Crippen molar-refractivity contribution in [3.8, 4) is 23.0 Å². The van der Waals surface area contributed by atoms with Gasteiger partial charge in [-0.2, -0.15) is 0 Å². The van der Waals surface area contributed by atoms with Gasteiger partial charge in [0.15, 0.2) is 17.3 Å².